The Morgan fingerprint density at radius 1 is 0.512 bits per heavy atom. The summed E-state index contributed by atoms with van der Waals surface area (Å²) in [4.78, 5) is 14.3. The van der Waals surface area contributed by atoms with Crippen molar-refractivity contribution in [2.75, 3.05) is 0 Å². The summed E-state index contributed by atoms with van der Waals surface area (Å²) < 4.78 is 25.0. The van der Waals surface area contributed by atoms with E-state index in [-0.39, 0.29) is 24.6 Å². The number of ether oxygens (including phenoxy) is 3. The van der Waals surface area contributed by atoms with Gasteiger partial charge in [-0.3, -0.25) is 4.79 Å². The zero-order valence-corrected chi connectivity index (χ0v) is 22.4. The molecule has 5 aromatic carbocycles. The van der Waals surface area contributed by atoms with Crippen molar-refractivity contribution in [1.29, 1.82) is 0 Å². The van der Waals surface area contributed by atoms with E-state index in [1.165, 1.54) is 0 Å². The third kappa shape index (κ3) is 5.99. The van der Waals surface area contributed by atoms with Crippen LogP contribution in [-0.4, -0.2) is 0 Å². The maximum absolute atomic E-state index is 14.3. The zero-order valence-electron chi connectivity index (χ0n) is 22.4. The van der Waals surface area contributed by atoms with Crippen molar-refractivity contribution in [3.63, 3.8) is 0 Å². The highest BCUT2D eigenvalue weighted by Gasteiger charge is 2.23. The SMILES string of the molecule is O=c1c(-c2ccccc2)c(OCc2ccccc2)oc2ccc(OCc3ccccc3)c(OCc3ccccc3)c12. The monoisotopic (exact) mass is 540 g/mol. The summed E-state index contributed by atoms with van der Waals surface area (Å²) in [5, 5.41) is 0.303. The molecule has 0 aliphatic heterocycles. The second kappa shape index (κ2) is 12.3. The first kappa shape index (κ1) is 26.0. The van der Waals surface area contributed by atoms with Gasteiger partial charge in [0.05, 0.1) is 0 Å². The number of fused-ring (bicyclic) bond motifs is 1. The topological polar surface area (TPSA) is 57.9 Å². The number of rotatable bonds is 10. The van der Waals surface area contributed by atoms with Gasteiger partial charge in [0.15, 0.2) is 11.5 Å². The first-order valence-electron chi connectivity index (χ1n) is 13.5. The summed E-state index contributed by atoms with van der Waals surface area (Å²) in [5.41, 5.74) is 4.05. The largest absolute Gasteiger partial charge is 0.485 e. The molecule has 0 unspecified atom stereocenters. The third-order valence-electron chi connectivity index (χ3n) is 6.68. The molecular formula is C36H28O5. The maximum Gasteiger partial charge on any atom is 0.297 e. The fourth-order valence-electron chi connectivity index (χ4n) is 4.61. The summed E-state index contributed by atoms with van der Waals surface area (Å²) in [7, 11) is 0. The molecule has 0 radical (unpaired) electrons. The lowest BCUT2D eigenvalue weighted by molar-refractivity contribution is 0.235. The molecule has 41 heavy (non-hydrogen) atoms. The summed E-state index contributed by atoms with van der Waals surface area (Å²) in [6.07, 6.45) is 0. The first-order chi connectivity index (χ1) is 20.3. The number of benzene rings is 5. The van der Waals surface area contributed by atoms with Crippen LogP contribution in [0.2, 0.25) is 0 Å². The molecule has 0 atom stereocenters. The Morgan fingerprint density at radius 2 is 1.00 bits per heavy atom. The predicted octanol–water partition coefficient (Wildman–Crippen LogP) is 8.20. The molecule has 6 aromatic rings. The van der Waals surface area contributed by atoms with Crippen LogP contribution in [0.3, 0.4) is 0 Å². The van der Waals surface area contributed by atoms with Gasteiger partial charge >= 0.3 is 0 Å². The first-order valence-corrected chi connectivity index (χ1v) is 13.5. The molecule has 0 spiro atoms. The molecule has 0 amide bonds. The lowest BCUT2D eigenvalue weighted by Crippen LogP contribution is -2.11. The van der Waals surface area contributed by atoms with E-state index in [1.54, 1.807) is 12.1 Å². The van der Waals surface area contributed by atoms with Crippen LogP contribution < -0.4 is 19.6 Å². The van der Waals surface area contributed by atoms with Crippen molar-refractivity contribution < 1.29 is 18.6 Å². The molecule has 0 saturated carbocycles. The average molecular weight is 541 g/mol. The number of hydrogen-bond acceptors (Lipinski definition) is 5. The van der Waals surface area contributed by atoms with Crippen molar-refractivity contribution in [1.82, 2.24) is 0 Å². The highest BCUT2D eigenvalue weighted by Crippen LogP contribution is 2.39. The summed E-state index contributed by atoms with van der Waals surface area (Å²) in [6.45, 7) is 0.835. The van der Waals surface area contributed by atoms with Crippen LogP contribution in [0.1, 0.15) is 16.7 Å². The fourth-order valence-corrected chi connectivity index (χ4v) is 4.61. The van der Waals surface area contributed by atoms with Gasteiger partial charge in [-0.05, 0) is 34.4 Å². The van der Waals surface area contributed by atoms with Crippen LogP contribution in [0, 0.1) is 0 Å². The molecule has 0 N–H and O–H groups in total. The second-order valence-electron chi connectivity index (χ2n) is 9.55. The van der Waals surface area contributed by atoms with E-state index in [0.29, 0.717) is 40.2 Å². The van der Waals surface area contributed by atoms with Crippen LogP contribution in [0.25, 0.3) is 22.1 Å². The van der Waals surface area contributed by atoms with Crippen molar-refractivity contribution >= 4 is 11.0 Å². The second-order valence-corrected chi connectivity index (χ2v) is 9.55. The minimum atomic E-state index is -0.256. The molecule has 0 saturated heterocycles. The lowest BCUT2D eigenvalue weighted by Gasteiger charge is -2.17. The molecule has 0 bridgehead atoms. The normalized spacial score (nSPS) is 10.8. The van der Waals surface area contributed by atoms with Crippen molar-refractivity contribution in [2.45, 2.75) is 19.8 Å². The van der Waals surface area contributed by atoms with E-state index in [0.717, 1.165) is 16.7 Å². The molecule has 1 heterocycles. The lowest BCUT2D eigenvalue weighted by atomic mass is 10.0. The van der Waals surface area contributed by atoms with E-state index in [9.17, 15) is 4.79 Å². The Hall–Kier alpha value is -5.29. The summed E-state index contributed by atoms with van der Waals surface area (Å²) in [5.74, 6) is 0.953. The minimum absolute atomic E-state index is 0.157. The smallest absolute Gasteiger partial charge is 0.297 e. The molecule has 0 aliphatic rings. The van der Waals surface area contributed by atoms with Crippen molar-refractivity contribution in [2.24, 2.45) is 0 Å². The molecule has 5 heteroatoms. The zero-order chi connectivity index (χ0) is 27.9. The van der Waals surface area contributed by atoms with Crippen LogP contribution in [-0.2, 0) is 19.8 Å². The van der Waals surface area contributed by atoms with E-state index in [4.69, 9.17) is 18.6 Å². The Kier molecular flexibility index (Phi) is 7.77. The molecule has 1 aromatic heterocycles. The van der Waals surface area contributed by atoms with Crippen LogP contribution in [0.4, 0.5) is 0 Å². The van der Waals surface area contributed by atoms with Gasteiger partial charge in [-0.2, -0.15) is 0 Å². The van der Waals surface area contributed by atoms with Gasteiger partial charge in [-0.1, -0.05) is 121 Å². The van der Waals surface area contributed by atoms with Gasteiger partial charge in [0, 0.05) is 0 Å². The summed E-state index contributed by atoms with van der Waals surface area (Å²) >= 11 is 0. The molecule has 0 fully saturated rings. The van der Waals surface area contributed by atoms with E-state index in [1.807, 2.05) is 121 Å². The Labute approximate surface area is 238 Å². The van der Waals surface area contributed by atoms with Crippen LogP contribution in [0.5, 0.6) is 17.4 Å². The van der Waals surface area contributed by atoms with Gasteiger partial charge in [0.1, 0.15) is 36.4 Å². The highest BCUT2D eigenvalue weighted by atomic mass is 16.6. The Balaban J connectivity index is 1.47. The average Bonchev–Trinajstić information content (AvgIpc) is 3.04. The third-order valence-corrected chi connectivity index (χ3v) is 6.68. The quantitative estimate of drug-likeness (QED) is 0.175. The molecule has 5 nitrogen and oxygen atoms in total. The predicted molar refractivity (Wildman–Crippen MR) is 160 cm³/mol. The van der Waals surface area contributed by atoms with E-state index in [2.05, 4.69) is 0 Å². The van der Waals surface area contributed by atoms with Gasteiger partial charge in [0.25, 0.3) is 5.95 Å². The maximum atomic E-state index is 14.3. The molecule has 202 valence electrons. The van der Waals surface area contributed by atoms with Crippen LogP contribution >= 0.6 is 0 Å². The molecule has 6 rings (SSSR count). The fraction of sp³-hybridized carbons (Fsp3) is 0.0833. The van der Waals surface area contributed by atoms with Gasteiger partial charge in [0.2, 0.25) is 5.43 Å². The van der Waals surface area contributed by atoms with Gasteiger partial charge in [-0.15, -0.1) is 0 Å². The van der Waals surface area contributed by atoms with E-state index >= 15 is 0 Å². The Morgan fingerprint density at radius 3 is 1.56 bits per heavy atom. The minimum Gasteiger partial charge on any atom is -0.485 e. The number of hydrogen-bond donors (Lipinski definition) is 0. The molecular weight excluding hydrogens is 512 g/mol. The molecule has 0 aliphatic carbocycles. The van der Waals surface area contributed by atoms with Crippen molar-refractivity contribution in [3.05, 3.63) is 160 Å². The van der Waals surface area contributed by atoms with Crippen LogP contribution in [0.15, 0.2) is 143 Å². The van der Waals surface area contributed by atoms with Gasteiger partial charge < -0.3 is 18.6 Å². The summed E-state index contributed by atoms with van der Waals surface area (Å²) in [6, 6.07) is 42.3. The van der Waals surface area contributed by atoms with E-state index < -0.39 is 0 Å². The standard InChI is InChI=1S/C36H28O5/c37-34-32(29-19-11-4-12-20-29)36(40-25-28-17-9-3-10-18-28)41-30-21-22-31(38-23-26-13-5-1-6-14-26)35(33(30)34)39-24-27-15-7-2-8-16-27/h1-22H,23-25H2. The highest BCUT2D eigenvalue weighted by molar-refractivity contribution is 5.91. The van der Waals surface area contributed by atoms with Gasteiger partial charge in [-0.25, -0.2) is 0 Å². The Bertz CT molecular complexity index is 1780. The van der Waals surface area contributed by atoms with Crippen molar-refractivity contribution in [3.8, 4) is 28.6 Å².